The van der Waals surface area contributed by atoms with Crippen molar-refractivity contribution < 1.29 is 0 Å². The fraction of sp³-hybridized carbons (Fsp3) is 0.0909. The molecule has 0 spiro atoms. The standard InChI is InChI=1S/C11H8BrCl2N3S/c1-15-9-7(13)5-8(14)11(17-9)18-10-6(12)3-2-4-16-10/h2-5H,1H3,(H,15,17). The number of anilines is 1. The molecule has 1 N–H and O–H groups in total. The van der Waals surface area contributed by atoms with E-state index in [1.54, 1.807) is 19.3 Å². The second-order valence-corrected chi connectivity index (χ2v) is 5.89. The average Bonchev–Trinajstić information content (AvgIpc) is 2.35. The SMILES string of the molecule is CNc1nc(Sc2ncccc2Br)c(Cl)cc1Cl. The second-order valence-electron chi connectivity index (χ2n) is 3.25. The van der Waals surface area contributed by atoms with Crippen molar-refractivity contribution in [3.63, 3.8) is 0 Å². The molecule has 3 nitrogen and oxygen atoms in total. The fourth-order valence-electron chi connectivity index (χ4n) is 1.23. The average molecular weight is 365 g/mol. The summed E-state index contributed by atoms with van der Waals surface area (Å²) in [5.74, 6) is 0.593. The summed E-state index contributed by atoms with van der Waals surface area (Å²) in [7, 11) is 1.76. The van der Waals surface area contributed by atoms with E-state index in [1.807, 2.05) is 12.1 Å². The van der Waals surface area contributed by atoms with Crippen molar-refractivity contribution >= 4 is 56.7 Å². The van der Waals surface area contributed by atoms with Crippen LogP contribution in [0.5, 0.6) is 0 Å². The molecule has 0 aliphatic rings. The van der Waals surface area contributed by atoms with E-state index in [4.69, 9.17) is 23.2 Å². The zero-order chi connectivity index (χ0) is 13.1. The van der Waals surface area contributed by atoms with Crippen molar-refractivity contribution in [3.05, 3.63) is 38.9 Å². The molecule has 7 heteroatoms. The monoisotopic (exact) mass is 363 g/mol. The highest BCUT2D eigenvalue weighted by molar-refractivity contribution is 9.10. The molecule has 0 aliphatic heterocycles. The molecule has 0 amide bonds. The van der Waals surface area contributed by atoms with Crippen LogP contribution in [0.15, 0.2) is 38.9 Å². The Bertz CT molecular complexity index is 580. The summed E-state index contributed by atoms with van der Waals surface area (Å²) >= 11 is 16.9. The van der Waals surface area contributed by atoms with Gasteiger partial charge in [0.2, 0.25) is 0 Å². The molecule has 0 saturated carbocycles. The first-order chi connectivity index (χ1) is 8.61. The Balaban J connectivity index is 2.38. The molecule has 0 fully saturated rings. The highest BCUT2D eigenvalue weighted by Crippen LogP contribution is 2.37. The zero-order valence-corrected chi connectivity index (χ0v) is 13.2. The van der Waals surface area contributed by atoms with Gasteiger partial charge in [-0.05, 0) is 45.9 Å². The summed E-state index contributed by atoms with van der Waals surface area (Å²) in [5.41, 5.74) is 0. The normalized spacial score (nSPS) is 10.4. The van der Waals surface area contributed by atoms with Gasteiger partial charge in [0.15, 0.2) is 0 Å². The number of aromatic nitrogens is 2. The van der Waals surface area contributed by atoms with Crippen LogP contribution < -0.4 is 5.32 Å². The van der Waals surface area contributed by atoms with Gasteiger partial charge >= 0.3 is 0 Å². The van der Waals surface area contributed by atoms with Gasteiger partial charge in [0.1, 0.15) is 15.9 Å². The van der Waals surface area contributed by atoms with Crippen LogP contribution in [0.1, 0.15) is 0 Å². The summed E-state index contributed by atoms with van der Waals surface area (Å²) in [5, 5.41) is 5.37. The molecule has 0 aromatic carbocycles. The van der Waals surface area contributed by atoms with Crippen LogP contribution in [0.3, 0.4) is 0 Å². The van der Waals surface area contributed by atoms with E-state index in [-0.39, 0.29) is 0 Å². The number of hydrogen-bond donors (Lipinski definition) is 1. The predicted molar refractivity (Wildman–Crippen MR) is 79.9 cm³/mol. The largest absolute Gasteiger partial charge is 0.372 e. The Labute approximate surface area is 127 Å². The van der Waals surface area contributed by atoms with Crippen molar-refractivity contribution in [2.75, 3.05) is 12.4 Å². The Kier molecular flexibility index (Phi) is 4.72. The van der Waals surface area contributed by atoms with Crippen LogP contribution in [-0.4, -0.2) is 17.0 Å². The molecule has 0 radical (unpaired) electrons. The minimum Gasteiger partial charge on any atom is -0.372 e. The van der Waals surface area contributed by atoms with Crippen LogP contribution in [-0.2, 0) is 0 Å². The summed E-state index contributed by atoms with van der Waals surface area (Å²) < 4.78 is 0.897. The quantitative estimate of drug-likeness (QED) is 0.853. The Morgan fingerprint density at radius 3 is 2.72 bits per heavy atom. The Hall–Kier alpha value is -0.490. The van der Waals surface area contributed by atoms with E-state index < -0.39 is 0 Å². The van der Waals surface area contributed by atoms with Gasteiger partial charge in [-0.3, -0.25) is 0 Å². The van der Waals surface area contributed by atoms with E-state index in [1.165, 1.54) is 11.8 Å². The van der Waals surface area contributed by atoms with Crippen molar-refractivity contribution in [3.8, 4) is 0 Å². The Morgan fingerprint density at radius 2 is 2.06 bits per heavy atom. The van der Waals surface area contributed by atoms with Gasteiger partial charge in [-0.15, -0.1) is 0 Å². The lowest BCUT2D eigenvalue weighted by Gasteiger charge is -2.08. The number of hydrogen-bond acceptors (Lipinski definition) is 4. The minimum absolute atomic E-state index is 0.493. The number of halogens is 3. The van der Waals surface area contributed by atoms with Crippen molar-refractivity contribution in [2.24, 2.45) is 0 Å². The first-order valence-electron chi connectivity index (χ1n) is 4.94. The first kappa shape index (κ1) is 13.9. The maximum absolute atomic E-state index is 6.12. The lowest BCUT2D eigenvalue weighted by atomic mass is 10.4. The molecule has 18 heavy (non-hydrogen) atoms. The van der Waals surface area contributed by atoms with E-state index in [0.717, 1.165) is 9.50 Å². The van der Waals surface area contributed by atoms with Gasteiger partial charge in [0, 0.05) is 13.2 Å². The molecule has 2 heterocycles. The molecule has 94 valence electrons. The van der Waals surface area contributed by atoms with E-state index in [2.05, 4.69) is 31.2 Å². The van der Waals surface area contributed by atoms with Gasteiger partial charge in [-0.25, -0.2) is 9.97 Å². The minimum atomic E-state index is 0.493. The maximum atomic E-state index is 6.12. The van der Waals surface area contributed by atoms with Gasteiger partial charge < -0.3 is 5.32 Å². The number of nitrogens with zero attached hydrogens (tertiary/aromatic N) is 2. The van der Waals surface area contributed by atoms with Crippen molar-refractivity contribution in [1.82, 2.24) is 9.97 Å². The predicted octanol–water partition coefficient (Wildman–Crippen LogP) is 4.74. The van der Waals surface area contributed by atoms with Gasteiger partial charge in [0.25, 0.3) is 0 Å². The van der Waals surface area contributed by atoms with Crippen LogP contribution in [0, 0.1) is 0 Å². The summed E-state index contributed by atoms with van der Waals surface area (Å²) in [6.07, 6.45) is 1.72. The van der Waals surface area contributed by atoms with Crippen LogP contribution in [0.4, 0.5) is 5.82 Å². The molecule has 2 aromatic rings. The molecular weight excluding hydrogens is 357 g/mol. The van der Waals surface area contributed by atoms with Crippen LogP contribution in [0.25, 0.3) is 0 Å². The van der Waals surface area contributed by atoms with Crippen LogP contribution >= 0.6 is 50.9 Å². The molecule has 0 atom stereocenters. The third kappa shape index (κ3) is 3.09. The third-order valence-corrected chi connectivity index (χ3v) is 4.67. The molecule has 2 aromatic heterocycles. The number of pyridine rings is 2. The third-order valence-electron chi connectivity index (χ3n) is 2.05. The summed E-state index contributed by atoms with van der Waals surface area (Å²) in [6.45, 7) is 0. The van der Waals surface area contributed by atoms with E-state index >= 15 is 0 Å². The molecular formula is C11H8BrCl2N3S. The van der Waals surface area contributed by atoms with E-state index in [9.17, 15) is 0 Å². The van der Waals surface area contributed by atoms with Crippen molar-refractivity contribution in [1.29, 1.82) is 0 Å². The highest BCUT2D eigenvalue weighted by atomic mass is 79.9. The summed E-state index contributed by atoms with van der Waals surface area (Å²) in [6, 6.07) is 5.43. The molecule has 0 aliphatic carbocycles. The van der Waals surface area contributed by atoms with Crippen molar-refractivity contribution in [2.45, 2.75) is 10.1 Å². The van der Waals surface area contributed by atoms with Crippen LogP contribution in [0.2, 0.25) is 10.0 Å². The fourth-order valence-corrected chi connectivity index (χ4v) is 3.06. The molecule has 0 bridgehead atoms. The topological polar surface area (TPSA) is 37.8 Å². The molecule has 0 saturated heterocycles. The first-order valence-corrected chi connectivity index (χ1v) is 7.30. The second kappa shape index (κ2) is 6.10. The zero-order valence-electron chi connectivity index (χ0n) is 9.25. The Morgan fingerprint density at radius 1 is 1.28 bits per heavy atom. The number of nitrogens with one attached hydrogen (secondary N) is 1. The van der Waals surface area contributed by atoms with Gasteiger partial charge in [0.05, 0.1) is 14.5 Å². The maximum Gasteiger partial charge on any atom is 0.146 e. The lowest BCUT2D eigenvalue weighted by Crippen LogP contribution is -1.95. The molecule has 0 unspecified atom stereocenters. The number of rotatable bonds is 3. The molecule has 2 rings (SSSR count). The smallest absolute Gasteiger partial charge is 0.146 e. The van der Waals surface area contributed by atoms with E-state index in [0.29, 0.717) is 20.9 Å². The van der Waals surface area contributed by atoms with Gasteiger partial charge in [-0.1, -0.05) is 23.2 Å². The summed E-state index contributed by atoms with van der Waals surface area (Å²) in [4.78, 5) is 8.61. The van der Waals surface area contributed by atoms with Gasteiger partial charge in [-0.2, -0.15) is 0 Å². The highest BCUT2D eigenvalue weighted by Gasteiger charge is 2.12. The lowest BCUT2D eigenvalue weighted by molar-refractivity contribution is 1.08.